The number of pyridine rings is 1. The van der Waals surface area contributed by atoms with Gasteiger partial charge in [-0.25, -0.2) is 4.98 Å². The molecule has 0 aliphatic carbocycles. The molecule has 0 aliphatic rings. The second kappa shape index (κ2) is 5.13. The van der Waals surface area contributed by atoms with Gasteiger partial charge in [-0.15, -0.1) is 0 Å². The number of benzene rings is 1. The molecular formula is C15H15N5. The number of para-hydroxylation sites is 1. The molecule has 0 saturated heterocycles. The lowest BCUT2D eigenvalue weighted by Gasteiger charge is -2.10. The van der Waals surface area contributed by atoms with Gasteiger partial charge in [-0.3, -0.25) is 4.98 Å². The Balaban J connectivity index is 1.89. The quantitative estimate of drug-likeness (QED) is 0.761. The molecule has 0 unspecified atom stereocenters. The summed E-state index contributed by atoms with van der Waals surface area (Å²) < 4.78 is 0. The Morgan fingerprint density at radius 1 is 1.15 bits per heavy atom. The van der Waals surface area contributed by atoms with Crippen molar-refractivity contribution in [2.24, 2.45) is 0 Å². The van der Waals surface area contributed by atoms with Crippen LogP contribution < -0.4 is 11.1 Å². The summed E-state index contributed by atoms with van der Waals surface area (Å²) in [6.07, 6.45) is 3.52. The Bertz CT molecular complexity index is 749. The molecule has 3 N–H and O–H groups in total. The lowest BCUT2D eigenvalue weighted by atomic mass is 10.1. The normalized spacial score (nSPS) is 10.7. The van der Waals surface area contributed by atoms with Crippen molar-refractivity contribution in [3.63, 3.8) is 0 Å². The number of anilines is 2. The van der Waals surface area contributed by atoms with Crippen molar-refractivity contribution < 1.29 is 0 Å². The molecular weight excluding hydrogens is 250 g/mol. The largest absolute Gasteiger partial charge is 0.368 e. The number of nitrogens with zero attached hydrogens (tertiary/aromatic N) is 3. The predicted octanol–water partition coefficient (Wildman–Crippen LogP) is 2.53. The minimum absolute atomic E-state index is 0.272. The first-order valence-corrected chi connectivity index (χ1v) is 6.39. The molecule has 0 radical (unpaired) electrons. The maximum absolute atomic E-state index is 5.61. The number of hydrogen-bond donors (Lipinski definition) is 2. The van der Waals surface area contributed by atoms with Crippen LogP contribution in [0.5, 0.6) is 0 Å². The molecule has 5 nitrogen and oxygen atoms in total. The standard InChI is InChI=1S/C15H15N5/c1-10-8-19-15(16)20-14(10)18-9-12-5-2-4-11-6-3-7-17-13(11)12/h2-8H,9H2,1H3,(H3,16,18,19,20). The number of nitrogens with two attached hydrogens (primary N) is 1. The van der Waals surface area contributed by atoms with Crippen LogP contribution >= 0.6 is 0 Å². The molecule has 0 fully saturated rings. The molecule has 100 valence electrons. The molecule has 0 amide bonds. The summed E-state index contributed by atoms with van der Waals surface area (Å²) in [6.45, 7) is 2.59. The number of rotatable bonds is 3. The van der Waals surface area contributed by atoms with Crippen LogP contribution in [0, 0.1) is 6.92 Å². The Morgan fingerprint density at radius 2 is 2.00 bits per heavy atom. The van der Waals surface area contributed by atoms with Crippen molar-refractivity contribution in [2.75, 3.05) is 11.1 Å². The summed E-state index contributed by atoms with van der Waals surface area (Å²) in [5, 5.41) is 4.42. The summed E-state index contributed by atoms with van der Waals surface area (Å²) in [5.74, 6) is 1.03. The Hall–Kier alpha value is -2.69. The van der Waals surface area contributed by atoms with Gasteiger partial charge < -0.3 is 11.1 Å². The second-order valence-corrected chi connectivity index (χ2v) is 4.61. The maximum atomic E-state index is 5.61. The van der Waals surface area contributed by atoms with Crippen LogP contribution in [-0.4, -0.2) is 15.0 Å². The van der Waals surface area contributed by atoms with Gasteiger partial charge in [-0.2, -0.15) is 4.98 Å². The molecule has 20 heavy (non-hydrogen) atoms. The average Bonchev–Trinajstić information content (AvgIpc) is 2.48. The van der Waals surface area contributed by atoms with E-state index in [-0.39, 0.29) is 5.95 Å². The number of nitrogen functional groups attached to an aromatic ring is 1. The highest BCUT2D eigenvalue weighted by Crippen LogP contribution is 2.18. The van der Waals surface area contributed by atoms with Gasteiger partial charge in [0.1, 0.15) is 5.82 Å². The fourth-order valence-corrected chi connectivity index (χ4v) is 2.12. The molecule has 0 aliphatic heterocycles. The van der Waals surface area contributed by atoms with E-state index in [4.69, 9.17) is 5.73 Å². The third kappa shape index (κ3) is 2.38. The van der Waals surface area contributed by atoms with Crippen LogP contribution in [0.25, 0.3) is 10.9 Å². The van der Waals surface area contributed by atoms with E-state index in [1.54, 1.807) is 12.4 Å². The fourth-order valence-electron chi connectivity index (χ4n) is 2.12. The number of aromatic nitrogens is 3. The first-order valence-electron chi connectivity index (χ1n) is 6.39. The summed E-state index contributed by atoms with van der Waals surface area (Å²) in [4.78, 5) is 12.6. The van der Waals surface area contributed by atoms with E-state index >= 15 is 0 Å². The molecule has 5 heteroatoms. The lowest BCUT2D eigenvalue weighted by molar-refractivity contribution is 1.07. The topological polar surface area (TPSA) is 76.7 Å². The number of aryl methyl sites for hydroxylation is 1. The van der Waals surface area contributed by atoms with Crippen molar-refractivity contribution in [3.05, 3.63) is 53.9 Å². The van der Waals surface area contributed by atoms with Crippen molar-refractivity contribution in [1.29, 1.82) is 0 Å². The van der Waals surface area contributed by atoms with Gasteiger partial charge in [0.05, 0.1) is 5.52 Å². The van der Waals surface area contributed by atoms with Gasteiger partial charge in [0.2, 0.25) is 5.95 Å². The summed E-state index contributed by atoms with van der Waals surface area (Å²) >= 11 is 0. The molecule has 2 aromatic heterocycles. The number of fused-ring (bicyclic) bond motifs is 1. The minimum atomic E-state index is 0.272. The highest BCUT2D eigenvalue weighted by molar-refractivity contribution is 5.81. The third-order valence-electron chi connectivity index (χ3n) is 3.15. The van der Waals surface area contributed by atoms with Crippen LogP contribution in [0.4, 0.5) is 11.8 Å². The first kappa shape index (κ1) is 12.3. The van der Waals surface area contributed by atoms with Crippen molar-refractivity contribution >= 4 is 22.7 Å². The van der Waals surface area contributed by atoms with Gasteiger partial charge >= 0.3 is 0 Å². The van der Waals surface area contributed by atoms with Crippen molar-refractivity contribution in [1.82, 2.24) is 15.0 Å². The van der Waals surface area contributed by atoms with E-state index in [0.717, 1.165) is 27.8 Å². The molecule has 0 atom stereocenters. The summed E-state index contributed by atoms with van der Waals surface area (Å²) in [7, 11) is 0. The maximum Gasteiger partial charge on any atom is 0.221 e. The molecule has 1 aromatic carbocycles. The smallest absolute Gasteiger partial charge is 0.221 e. The highest BCUT2D eigenvalue weighted by Gasteiger charge is 2.04. The average molecular weight is 265 g/mol. The monoisotopic (exact) mass is 265 g/mol. The van der Waals surface area contributed by atoms with Crippen LogP contribution in [0.1, 0.15) is 11.1 Å². The predicted molar refractivity (Wildman–Crippen MR) is 80.3 cm³/mol. The van der Waals surface area contributed by atoms with Gasteiger partial charge in [0.25, 0.3) is 0 Å². The molecule has 2 heterocycles. The van der Waals surface area contributed by atoms with E-state index in [1.807, 2.05) is 19.1 Å². The lowest BCUT2D eigenvalue weighted by Crippen LogP contribution is -2.06. The van der Waals surface area contributed by atoms with E-state index in [0.29, 0.717) is 6.54 Å². The van der Waals surface area contributed by atoms with Crippen molar-refractivity contribution in [2.45, 2.75) is 13.5 Å². The second-order valence-electron chi connectivity index (χ2n) is 4.61. The molecule has 0 bridgehead atoms. The van der Waals surface area contributed by atoms with Crippen molar-refractivity contribution in [3.8, 4) is 0 Å². The zero-order valence-electron chi connectivity index (χ0n) is 11.2. The first-order chi connectivity index (χ1) is 9.74. The summed E-state index contributed by atoms with van der Waals surface area (Å²) in [5.41, 5.74) is 8.70. The van der Waals surface area contributed by atoms with Gasteiger partial charge in [0.15, 0.2) is 0 Å². The van der Waals surface area contributed by atoms with Crippen LogP contribution in [0.15, 0.2) is 42.7 Å². The minimum Gasteiger partial charge on any atom is -0.368 e. The van der Waals surface area contributed by atoms with E-state index in [2.05, 4.69) is 38.5 Å². The van der Waals surface area contributed by atoms with E-state index < -0.39 is 0 Å². The zero-order chi connectivity index (χ0) is 13.9. The molecule has 0 spiro atoms. The molecule has 3 aromatic rings. The van der Waals surface area contributed by atoms with E-state index in [1.165, 1.54) is 0 Å². The number of hydrogen-bond acceptors (Lipinski definition) is 5. The Morgan fingerprint density at radius 3 is 2.90 bits per heavy atom. The highest BCUT2D eigenvalue weighted by atomic mass is 15.1. The zero-order valence-corrected chi connectivity index (χ0v) is 11.2. The van der Waals surface area contributed by atoms with Crippen LogP contribution in [0.3, 0.4) is 0 Å². The van der Waals surface area contributed by atoms with Crippen LogP contribution in [0.2, 0.25) is 0 Å². The van der Waals surface area contributed by atoms with Gasteiger partial charge in [-0.05, 0) is 18.6 Å². The molecule has 3 rings (SSSR count). The van der Waals surface area contributed by atoms with E-state index in [9.17, 15) is 0 Å². The Labute approximate surface area is 116 Å². The van der Waals surface area contributed by atoms with Gasteiger partial charge in [-0.1, -0.05) is 24.3 Å². The SMILES string of the molecule is Cc1cnc(N)nc1NCc1cccc2cccnc12. The third-order valence-corrected chi connectivity index (χ3v) is 3.15. The fraction of sp³-hybridized carbons (Fsp3) is 0.133. The van der Waals surface area contributed by atoms with Crippen LogP contribution in [-0.2, 0) is 6.54 Å². The summed E-state index contributed by atoms with van der Waals surface area (Å²) in [6, 6.07) is 10.1. The molecule has 0 saturated carbocycles. The number of nitrogens with one attached hydrogen (secondary N) is 1. The van der Waals surface area contributed by atoms with Gasteiger partial charge in [0, 0.05) is 29.9 Å². The Kier molecular flexibility index (Phi) is 3.16.